The lowest BCUT2D eigenvalue weighted by molar-refractivity contribution is 0.0505. The molecule has 2 aliphatic rings. The molecule has 1 heteroatoms. The van der Waals surface area contributed by atoms with Gasteiger partial charge in [-0.2, -0.15) is 0 Å². The van der Waals surface area contributed by atoms with E-state index in [1.165, 1.54) is 19.3 Å². The van der Waals surface area contributed by atoms with Crippen molar-refractivity contribution >= 4 is 0 Å². The minimum Gasteiger partial charge on any atom is -0.393 e. The Hall–Kier alpha value is -0.300. The van der Waals surface area contributed by atoms with Gasteiger partial charge in [-0.1, -0.05) is 18.6 Å². The summed E-state index contributed by atoms with van der Waals surface area (Å²) in [6.45, 7) is 4.56. The van der Waals surface area contributed by atoms with E-state index < -0.39 is 0 Å². The summed E-state index contributed by atoms with van der Waals surface area (Å²) >= 11 is 0. The molecule has 13 heavy (non-hydrogen) atoms. The van der Waals surface area contributed by atoms with Crippen molar-refractivity contribution in [2.24, 2.45) is 11.3 Å². The summed E-state index contributed by atoms with van der Waals surface area (Å²) in [7, 11) is 0. The van der Waals surface area contributed by atoms with Crippen LogP contribution in [0.3, 0.4) is 0 Å². The Morgan fingerprint density at radius 2 is 2.23 bits per heavy atom. The molecule has 0 saturated heterocycles. The minimum absolute atomic E-state index is 0.0192. The zero-order chi connectivity index (χ0) is 9.47. The molecule has 0 bridgehead atoms. The molecule has 0 unspecified atom stereocenters. The third-order valence-electron chi connectivity index (χ3n) is 4.30. The van der Waals surface area contributed by atoms with Gasteiger partial charge in [0.15, 0.2) is 0 Å². The summed E-state index contributed by atoms with van der Waals surface area (Å²) in [6.07, 6.45) is 8.08. The highest BCUT2D eigenvalue weighted by Crippen LogP contribution is 2.54. The molecule has 2 saturated carbocycles. The van der Waals surface area contributed by atoms with Crippen molar-refractivity contribution in [3.8, 4) is 0 Å². The molecule has 2 aliphatic carbocycles. The van der Waals surface area contributed by atoms with Crippen LogP contribution in [0.5, 0.6) is 0 Å². The van der Waals surface area contributed by atoms with E-state index in [2.05, 4.69) is 19.9 Å². The fourth-order valence-electron chi connectivity index (χ4n) is 3.33. The minimum atomic E-state index is -0.0192. The Kier molecular flexibility index (Phi) is 2.23. The molecule has 0 heterocycles. The molecule has 1 nitrogen and oxygen atoms in total. The van der Waals surface area contributed by atoms with E-state index in [0.29, 0.717) is 5.41 Å². The van der Waals surface area contributed by atoms with Gasteiger partial charge in [0.25, 0.3) is 0 Å². The maximum Gasteiger partial charge on any atom is 0.0543 e. The molecule has 0 amide bonds. The smallest absolute Gasteiger partial charge is 0.0543 e. The maximum atomic E-state index is 9.61. The Morgan fingerprint density at radius 3 is 2.92 bits per heavy atom. The van der Waals surface area contributed by atoms with Gasteiger partial charge in [0.05, 0.1) is 6.10 Å². The van der Waals surface area contributed by atoms with E-state index >= 15 is 0 Å². The molecule has 0 aromatic heterocycles. The molecule has 0 aliphatic heterocycles. The van der Waals surface area contributed by atoms with E-state index in [1.54, 1.807) is 5.57 Å². The standard InChI is InChI=1S/C12H20O/c1-3-9-4-5-10-8-11(13)6-7-12(9,10)2/h3,10-11,13H,4-8H2,1-2H3/b9-3-/t10-,11-,12+/m0/s1. The first kappa shape index (κ1) is 9.26. The second kappa shape index (κ2) is 3.13. The first-order chi connectivity index (χ1) is 6.16. The van der Waals surface area contributed by atoms with Crippen molar-refractivity contribution in [1.29, 1.82) is 0 Å². The first-order valence-corrected chi connectivity index (χ1v) is 5.50. The molecular weight excluding hydrogens is 160 g/mol. The molecule has 74 valence electrons. The van der Waals surface area contributed by atoms with Crippen LogP contribution in [0, 0.1) is 11.3 Å². The monoisotopic (exact) mass is 180 g/mol. The van der Waals surface area contributed by atoms with Gasteiger partial charge >= 0.3 is 0 Å². The number of allylic oxidation sites excluding steroid dienone is 2. The largest absolute Gasteiger partial charge is 0.393 e. The van der Waals surface area contributed by atoms with Crippen LogP contribution in [-0.2, 0) is 0 Å². The lowest BCUT2D eigenvalue weighted by Crippen LogP contribution is -2.33. The lowest BCUT2D eigenvalue weighted by atomic mass is 9.67. The van der Waals surface area contributed by atoms with E-state index in [9.17, 15) is 5.11 Å². The average molecular weight is 180 g/mol. The van der Waals surface area contributed by atoms with Crippen molar-refractivity contribution in [2.75, 3.05) is 0 Å². The van der Waals surface area contributed by atoms with Gasteiger partial charge < -0.3 is 5.11 Å². The fraction of sp³-hybridized carbons (Fsp3) is 0.833. The molecule has 0 radical (unpaired) electrons. The lowest BCUT2D eigenvalue weighted by Gasteiger charge is -2.39. The molecule has 2 rings (SSSR count). The van der Waals surface area contributed by atoms with Crippen molar-refractivity contribution in [2.45, 2.75) is 52.1 Å². The number of hydrogen-bond donors (Lipinski definition) is 1. The number of aliphatic hydroxyl groups excluding tert-OH is 1. The Balaban J connectivity index is 2.22. The summed E-state index contributed by atoms with van der Waals surface area (Å²) < 4.78 is 0. The van der Waals surface area contributed by atoms with Gasteiger partial charge in [-0.05, 0) is 50.4 Å². The number of fused-ring (bicyclic) bond motifs is 1. The summed E-state index contributed by atoms with van der Waals surface area (Å²) in [5.74, 6) is 0.752. The SMILES string of the molecule is C/C=C1/CC[C@H]2C[C@@H](O)CC[C@]12C. The molecule has 0 spiro atoms. The van der Waals surface area contributed by atoms with E-state index in [-0.39, 0.29) is 6.10 Å². The van der Waals surface area contributed by atoms with Crippen LogP contribution in [0.1, 0.15) is 46.0 Å². The topological polar surface area (TPSA) is 20.2 Å². The third kappa shape index (κ3) is 1.34. The van der Waals surface area contributed by atoms with Crippen LogP contribution in [0.25, 0.3) is 0 Å². The van der Waals surface area contributed by atoms with Crippen molar-refractivity contribution in [1.82, 2.24) is 0 Å². The highest BCUT2D eigenvalue weighted by molar-refractivity contribution is 5.21. The molecular formula is C12H20O. The highest BCUT2D eigenvalue weighted by Gasteiger charge is 2.45. The Labute approximate surface area is 80.8 Å². The quantitative estimate of drug-likeness (QED) is 0.568. The van der Waals surface area contributed by atoms with Gasteiger partial charge in [0.1, 0.15) is 0 Å². The predicted octanol–water partition coefficient (Wildman–Crippen LogP) is 2.89. The summed E-state index contributed by atoms with van der Waals surface area (Å²) in [6, 6.07) is 0. The zero-order valence-corrected chi connectivity index (χ0v) is 8.71. The van der Waals surface area contributed by atoms with Gasteiger partial charge in [0.2, 0.25) is 0 Å². The van der Waals surface area contributed by atoms with E-state index in [0.717, 1.165) is 18.8 Å². The summed E-state index contributed by atoms with van der Waals surface area (Å²) in [5.41, 5.74) is 2.08. The highest BCUT2D eigenvalue weighted by atomic mass is 16.3. The first-order valence-electron chi connectivity index (χ1n) is 5.50. The average Bonchev–Trinajstić information content (AvgIpc) is 2.42. The van der Waals surface area contributed by atoms with Crippen molar-refractivity contribution in [3.05, 3.63) is 11.6 Å². The normalized spacial score (nSPS) is 48.1. The third-order valence-corrected chi connectivity index (χ3v) is 4.30. The maximum absolute atomic E-state index is 9.61. The zero-order valence-electron chi connectivity index (χ0n) is 8.71. The van der Waals surface area contributed by atoms with Gasteiger partial charge in [-0.25, -0.2) is 0 Å². The van der Waals surface area contributed by atoms with Crippen molar-refractivity contribution in [3.63, 3.8) is 0 Å². The number of aliphatic hydroxyl groups is 1. The second-order valence-electron chi connectivity index (χ2n) is 4.90. The van der Waals surface area contributed by atoms with Crippen LogP contribution in [0.15, 0.2) is 11.6 Å². The van der Waals surface area contributed by atoms with E-state index in [4.69, 9.17) is 0 Å². The van der Waals surface area contributed by atoms with Crippen LogP contribution in [-0.4, -0.2) is 11.2 Å². The van der Waals surface area contributed by atoms with Gasteiger partial charge in [0, 0.05) is 0 Å². The van der Waals surface area contributed by atoms with Crippen LogP contribution in [0.4, 0.5) is 0 Å². The van der Waals surface area contributed by atoms with Gasteiger partial charge in [-0.3, -0.25) is 0 Å². The Morgan fingerprint density at radius 1 is 1.46 bits per heavy atom. The summed E-state index contributed by atoms with van der Waals surface area (Å²) in [4.78, 5) is 0. The Bertz CT molecular complexity index is 231. The molecule has 1 N–H and O–H groups in total. The van der Waals surface area contributed by atoms with Crippen LogP contribution in [0.2, 0.25) is 0 Å². The van der Waals surface area contributed by atoms with Gasteiger partial charge in [-0.15, -0.1) is 0 Å². The number of hydrogen-bond acceptors (Lipinski definition) is 1. The second-order valence-corrected chi connectivity index (χ2v) is 4.90. The number of rotatable bonds is 0. The predicted molar refractivity (Wildman–Crippen MR) is 54.4 cm³/mol. The molecule has 2 fully saturated rings. The molecule has 0 aromatic carbocycles. The van der Waals surface area contributed by atoms with E-state index in [1.807, 2.05) is 0 Å². The van der Waals surface area contributed by atoms with Crippen LogP contribution >= 0.6 is 0 Å². The van der Waals surface area contributed by atoms with Crippen molar-refractivity contribution < 1.29 is 5.11 Å². The summed E-state index contributed by atoms with van der Waals surface area (Å²) in [5, 5.41) is 9.61. The fourth-order valence-corrected chi connectivity index (χ4v) is 3.33. The molecule has 0 aromatic rings. The molecule has 3 atom stereocenters. The van der Waals surface area contributed by atoms with Crippen LogP contribution < -0.4 is 0 Å².